The third-order valence-corrected chi connectivity index (χ3v) is 2.81. The highest BCUT2D eigenvalue weighted by atomic mass is 16.1. The van der Waals surface area contributed by atoms with Crippen LogP contribution in [0.15, 0.2) is 24.3 Å². The van der Waals surface area contributed by atoms with Crippen molar-refractivity contribution in [2.45, 2.75) is 25.8 Å². The van der Waals surface area contributed by atoms with Crippen molar-refractivity contribution in [1.82, 2.24) is 25.9 Å². The van der Waals surface area contributed by atoms with Crippen LogP contribution in [-0.4, -0.2) is 26.5 Å². The number of tetrazole rings is 1. The first kappa shape index (κ1) is 13.7. The Morgan fingerprint density at radius 2 is 2.40 bits per heavy atom. The predicted molar refractivity (Wildman–Crippen MR) is 70.4 cm³/mol. The van der Waals surface area contributed by atoms with Gasteiger partial charge in [-0.15, -0.1) is 10.2 Å². The fourth-order valence-corrected chi connectivity index (χ4v) is 1.84. The molecule has 7 heteroatoms. The van der Waals surface area contributed by atoms with Crippen LogP contribution in [0, 0.1) is 11.3 Å². The van der Waals surface area contributed by atoms with E-state index in [0.717, 1.165) is 6.42 Å². The van der Waals surface area contributed by atoms with Gasteiger partial charge in [-0.3, -0.25) is 4.79 Å². The highest BCUT2D eigenvalue weighted by Crippen LogP contribution is 2.14. The van der Waals surface area contributed by atoms with E-state index in [2.05, 4.69) is 25.9 Å². The zero-order valence-corrected chi connectivity index (χ0v) is 11.0. The second-order valence-corrected chi connectivity index (χ2v) is 4.28. The Balaban J connectivity index is 2.14. The van der Waals surface area contributed by atoms with Crippen molar-refractivity contribution in [2.24, 2.45) is 0 Å². The van der Waals surface area contributed by atoms with Crippen LogP contribution < -0.4 is 5.32 Å². The fourth-order valence-electron chi connectivity index (χ4n) is 1.84. The minimum atomic E-state index is -0.294. The number of aromatic amines is 1. The number of carbonyl (C=O) groups excluding carboxylic acids is 1. The van der Waals surface area contributed by atoms with E-state index < -0.39 is 0 Å². The van der Waals surface area contributed by atoms with E-state index in [1.165, 1.54) is 0 Å². The molecule has 1 aromatic carbocycles. The van der Waals surface area contributed by atoms with E-state index in [1.54, 1.807) is 24.3 Å². The second-order valence-electron chi connectivity index (χ2n) is 4.28. The maximum Gasteiger partial charge on any atom is 0.251 e. The Bertz CT molecular complexity index is 616. The molecule has 1 heterocycles. The summed E-state index contributed by atoms with van der Waals surface area (Å²) in [5, 5.41) is 25.4. The van der Waals surface area contributed by atoms with Crippen LogP contribution in [0.4, 0.5) is 0 Å². The smallest absolute Gasteiger partial charge is 0.251 e. The highest BCUT2D eigenvalue weighted by Gasteiger charge is 2.18. The van der Waals surface area contributed by atoms with Gasteiger partial charge in [0.25, 0.3) is 5.91 Å². The Kier molecular flexibility index (Phi) is 4.39. The quantitative estimate of drug-likeness (QED) is 0.852. The number of carbonyl (C=O) groups is 1. The molecule has 0 aliphatic rings. The maximum absolute atomic E-state index is 12.2. The van der Waals surface area contributed by atoms with Gasteiger partial charge in [0.2, 0.25) is 0 Å². The molecule has 0 spiro atoms. The number of nitrogens with one attached hydrogen (secondary N) is 2. The molecule has 0 radical (unpaired) electrons. The van der Waals surface area contributed by atoms with E-state index in [9.17, 15) is 4.79 Å². The fraction of sp³-hybridized carbons (Fsp3) is 0.308. The van der Waals surface area contributed by atoms with E-state index in [0.29, 0.717) is 23.4 Å². The molecule has 102 valence electrons. The van der Waals surface area contributed by atoms with E-state index >= 15 is 0 Å². The number of amides is 1. The number of aromatic nitrogens is 4. The third-order valence-electron chi connectivity index (χ3n) is 2.81. The maximum atomic E-state index is 12.2. The summed E-state index contributed by atoms with van der Waals surface area (Å²) < 4.78 is 0. The summed E-state index contributed by atoms with van der Waals surface area (Å²) in [5.41, 5.74) is 0.887. The van der Waals surface area contributed by atoms with Crippen LogP contribution in [0.5, 0.6) is 0 Å². The van der Waals surface area contributed by atoms with Gasteiger partial charge in [0.15, 0.2) is 5.82 Å². The summed E-state index contributed by atoms with van der Waals surface area (Å²) in [6.45, 7) is 2.01. The van der Waals surface area contributed by atoms with Crippen molar-refractivity contribution in [3.05, 3.63) is 41.2 Å². The molecule has 0 aliphatic carbocycles. The monoisotopic (exact) mass is 270 g/mol. The molecule has 2 N–H and O–H groups in total. The summed E-state index contributed by atoms with van der Waals surface area (Å²) in [7, 11) is 0. The summed E-state index contributed by atoms with van der Waals surface area (Å²) in [6.07, 6.45) is 1.58. The lowest BCUT2D eigenvalue weighted by molar-refractivity contribution is 0.0932. The molecule has 1 atom stereocenters. The average molecular weight is 270 g/mol. The van der Waals surface area contributed by atoms with Crippen molar-refractivity contribution in [3.8, 4) is 6.07 Å². The average Bonchev–Trinajstić information content (AvgIpc) is 3.01. The number of hydrogen-bond acceptors (Lipinski definition) is 5. The minimum Gasteiger partial charge on any atom is -0.342 e. The summed E-state index contributed by atoms with van der Waals surface area (Å²) in [5.74, 6) is 0.196. The second kappa shape index (κ2) is 6.43. The number of H-pyrrole nitrogens is 1. The van der Waals surface area contributed by atoms with Gasteiger partial charge in [-0.1, -0.05) is 24.6 Å². The number of hydrogen-bond donors (Lipinski definition) is 2. The number of nitrogens with zero attached hydrogens (tertiary/aromatic N) is 4. The van der Waals surface area contributed by atoms with Crippen LogP contribution in [0.1, 0.15) is 47.6 Å². The van der Waals surface area contributed by atoms with Crippen LogP contribution in [0.25, 0.3) is 0 Å². The lowest BCUT2D eigenvalue weighted by Gasteiger charge is -2.14. The first-order valence-electron chi connectivity index (χ1n) is 6.29. The van der Waals surface area contributed by atoms with Crippen molar-refractivity contribution in [3.63, 3.8) is 0 Å². The van der Waals surface area contributed by atoms with Gasteiger partial charge < -0.3 is 5.32 Å². The molecule has 7 nitrogen and oxygen atoms in total. The van der Waals surface area contributed by atoms with E-state index in [1.807, 2.05) is 13.0 Å². The van der Waals surface area contributed by atoms with Crippen molar-refractivity contribution in [1.29, 1.82) is 5.26 Å². The van der Waals surface area contributed by atoms with Crippen LogP contribution in [0.3, 0.4) is 0 Å². The van der Waals surface area contributed by atoms with E-state index in [-0.39, 0.29) is 11.9 Å². The van der Waals surface area contributed by atoms with Gasteiger partial charge in [0, 0.05) is 5.56 Å². The molecule has 0 saturated carbocycles. The summed E-state index contributed by atoms with van der Waals surface area (Å²) >= 11 is 0. The molecule has 1 amide bonds. The lowest BCUT2D eigenvalue weighted by Crippen LogP contribution is -2.29. The van der Waals surface area contributed by atoms with Crippen molar-refractivity contribution in [2.75, 3.05) is 0 Å². The molecular weight excluding hydrogens is 256 g/mol. The van der Waals surface area contributed by atoms with Crippen molar-refractivity contribution >= 4 is 5.91 Å². The van der Waals surface area contributed by atoms with Crippen LogP contribution in [0.2, 0.25) is 0 Å². The molecule has 20 heavy (non-hydrogen) atoms. The molecule has 2 aromatic rings. The van der Waals surface area contributed by atoms with Gasteiger partial charge >= 0.3 is 0 Å². The molecule has 0 unspecified atom stereocenters. The molecule has 0 bridgehead atoms. The molecular formula is C13H14N6O. The number of benzene rings is 1. The zero-order valence-electron chi connectivity index (χ0n) is 11.0. The Morgan fingerprint density at radius 1 is 1.55 bits per heavy atom. The van der Waals surface area contributed by atoms with Crippen LogP contribution >= 0.6 is 0 Å². The first-order valence-corrected chi connectivity index (χ1v) is 6.29. The summed E-state index contributed by atoms with van der Waals surface area (Å²) in [4.78, 5) is 12.2. The van der Waals surface area contributed by atoms with Gasteiger partial charge in [0.1, 0.15) is 0 Å². The Hall–Kier alpha value is -2.75. The zero-order chi connectivity index (χ0) is 14.4. The van der Waals surface area contributed by atoms with Crippen molar-refractivity contribution < 1.29 is 4.79 Å². The minimum absolute atomic E-state index is 0.259. The van der Waals surface area contributed by atoms with Gasteiger partial charge in [-0.05, 0) is 24.6 Å². The summed E-state index contributed by atoms with van der Waals surface area (Å²) in [6, 6.07) is 8.26. The normalized spacial score (nSPS) is 11.6. The van der Waals surface area contributed by atoms with Gasteiger partial charge in [-0.2, -0.15) is 10.5 Å². The molecule has 0 saturated heterocycles. The molecule has 0 aliphatic heterocycles. The van der Waals surface area contributed by atoms with Gasteiger partial charge in [-0.25, -0.2) is 0 Å². The van der Waals surface area contributed by atoms with Crippen LogP contribution in [-0.2, 0) is 0 Å². The SMILES string of the molecule is CCC[C@@H](NC(=O)c1cccc(C#N)c1)c1nn[nH]n1. The molecule has 2 rings (SSSR count). The van der Waals surface area contributed by atoms with Gasteiger partial charge in [0.05, 0.1) is 17.7 Å². The Morgan fingerprint density at radius 3 is 3.05 bits per heavy atom. The third kappa shape index (κ3) is 3.17. The number of nitriles is 1. The Labute approximate surface area is 116 Å². The standard InChI is InChI=1S/C13H14N6O/c1-2-4-11(12-16-18-19-17-12)15-13(20)10-6-3-5-9(7-10)8-14/h3,5-7,11H,2,4H2,1H3,(H,15,20)(H,16,17,18,19)/t11-/m1/s1. The highest BCUT2D eigenvalue weighted by molar-refractivity contribution is 5.94. The van der Waals surface area contributed by atoms with E-state index in [4.69, 9.17) is 5.26 Å². The predicted octanol–water partition coefficient (Wildman–Crippen LogP) is 1.34. The topological polar surface area (TPSA) is 107 Å². The lowest BCUT2D eigenvalue weighted by atomic mass is 10.1. The largest absolute Gasteiger partial charge is 0.342 e. The molecule has 1 aromatic heterocycles. The molecule has 0 fully saturated rings. The first-order chi connectivity index (χ1) is 9.74. The number of rotatable bonds is 5.